The van der Waals surface area contributed by atoms with Gasteiger partial charge < -0.3 is 0 Å². The Hall–Kier alpha value is -1.05. The van der Waals surface area contributed by atoms with Gasteiger partial charge >= 0.3 is 0 Å². The highest BCUT2D eigenvalue weighted by atomic mass is 32.1. The first-order valence-electron chi connectivity index (χ1n) is 6.60. The molecule has 0 unspecified atom stereocenters. The van der Waals surface area contributed by atoms with Crippen LogP contribution in [0.3, 0.4) is 0 Å². The maximum Gasteiger partial charge on any atom is 0.195 e. The van der Waals surface area contributed by atoms with Crippen LogP contribution in [-0.4, -0.2) is 37.7 Å². The lowest BCUT2D eigenvalue weighted by atomic mass is 10.4. The number of nitrogens with zero attached hydrogens (tertiary/aromatic N) is 4. The summed E-state index contributed by atoms with van der Waals surface area (Å²) < 4.78 is 2.64. The Morgan fingerprint density at radius 2 is 2.21 bits per heavy atom. The Kier molecular flexibility index (Phi) is 3.76. The lowest BCUT2D eigenvalue weighted by Gasteiger charge is -2.11. The van der Waals surface area contributed by atoms with E-state index in [-0.39, 0.29) is 0 Å². The predicted molar refractivity (Wildman–Crippen MR) is 78.7 cm³/mol. The van der Waals surface area contributed by atoms with Crippen molar-refractivity contribution in [3.05, 3.63) is 15.2 Å². The molecule has 0 aromatic carbocycles. The van der Waals surface area contributed by atoms with Gasteiger partial charge in [-0.3, -0.25) is 14.6 Å². The standard InChI is InChI=1S/C12H17N5S2/c1-2-17-11(14-15-12(17)18)9-8-19-10(13-9)7-16-5-3-4-6-16/h8H,2-7H2,1H3,(H,15,18). The zero-order valence-corrected chi connectivity index (χ0v) is 12.6. The Labute approximate surface area is 121 Å². The van der Waals surface area contributed by atoms with Crippen molar-refractivity contribution in [1.82, 2.24) is 24.6 Å². The molecule has 0 amide bonds. The molecule has 3 heterocycles. The van der Waals surface area contributed by atoms with Gasteiger partial charge in [0.05, 0.1) is 6.54 Å². The quantitative estimate of drug-likeness (QED) is 0.881. The van der Waals surface area contributed by atoms with E-state index in [1.54, 1.807) is 11.3 Å². The number of likely N-dealkylation sites (tertiary alicyclic amines) is 1. The van der Waals surface area contributed by atoms with Gasteiger partial charge in [0, 0.05) is 11.9 Å². The molecule has 1 saturated heterocycles. The first kappa shape index (κ1) is 13.0. The Morgan fingerprint density at radius 3 is 2.95 bits per heavy atom. The molecule has 1 aliphatic heterocycles. The fourth-order valence-electron chi connectivity index (χ4n) is 2.42. The van der Waals surface area contributed by atoms with Crippen LogP contribution in [0.5, 0.6) is 0 Å². The number of hydrogen-bond donors (Lipinski definition) is 1. The van der Waals surface area contributed by atoms with Crippen molar-refractivity contribution in [2.45, 2.75) is 32.9 Å². The summed E-state index contributed by atoms with van der Waals surface area (Å²) in [7, 11) is 0. The molecule has 3 rings (SSSR count). The number of nitrogens with one attached hydrogen (secondary N) is 1. The van der Waals surface area contributed by atoms with Crippen molar-refractivity contribution < 1.29 is 0 Å². The number of aromatic nitrogens is 4. The molecule has 0 aliphatic carbocycles. The highest BCUT2D eigenvalue weighted by Crippen LogP contribution is 2.22. The normalized spacial score (nSPS) is 16.3. The first-order chi connectivity index (χ1) is 9.28. The molecule has 1 fully saturated rings. The lowest BCUT2D eigenvalue weighted by Crippen LogP contribution is -2.18. The van der Waals surface area contributed by atoms with Crippen LogP contribution in [0.15, 0.2) is 5.38 Å². The van der Waals surface area contributed by atoms with Gasteiger partial charge in [-0.25, -0.2) is 4.98 Å². The third kappa shape index (κ3) is 2.63. The molecular weight excluding hydrogens is 278 g/mol. The van der Waals surface area contributed by atoms with E-state index in [4.69, 9.17) is 17.2 Å². The van der Waals surface area contributed by atoms with Gasteiger partial charge in [-0.05, 0) is 45.1 Å². The number of rotatable bonds is 4. The van der Waals surface area contributed by atoms with Crippen LogP contribution in [0.25, 0.3) is 11.5 Å². The maximum absolute atomic E-state index is 5.21. The van der Waals surface area contributed by atoms with Crippen molar-refractivity contribution in [2.75, 3.05) is 13.1 Å². The molecule has 2 aromatic heterocycles. The van der Waals surface area contributed by atoms with Crippen LogP contribution < -0.4 is 0 Å². The molecule has 0 atom stereocenters. The number of hydrogen-bond acceptors (Lipinski definition) is 5. The summed E-state index contributed by atoms with van der Waals surface area (Å²) >= 11 is 6.91. The number of thiazole rings is 1. The van der Waals surface area contributed by atoms with Gasteiger partial charge in [0.25, 0.3) is 0 Å². The Bertz CT molecular complexity index is 606. The van der Waals surface area contributed by atoms with Crippen LogP contribution >= 0.6 is 23.6 Å². The molecule has 7 heteroatoms. The summed E-state index contributed by atoms with van der Waals surface area (Å²) in [6.45, 7) is 6.23. The van der Waals surface area contributed by atoms with Crippen molar-refractivity contribution >= 4 is 23.6 Å². The van der Waals surface area contributed by atoms with E-state index < -0.39 is 0 Å². The molecule has 0 radical (unpaired) electrons. The molecule has 102 valence electrons. The molecular formula is C12H17N5S2. The summed E-state index contributed by atoms with van der Waals surface area (Å²) in [5.41, 5.74) is 0.924. The Morgan fingerprint density at radius 1 is 1.42 bits per heavy atom. The molecule has 0 bridgehead atoms. The fourth-order valence-corrected chi connectivity index (χ4v) is 3.50. The lowest BCUT2D eigenvalue weighted by molar-refractivity contribution is 0.331. The van der Waals surface area contributed by atoms with Crippen LogP contribution in [0.4, 0.5) is 0 Å². The largest absolute Gasteiger partial charge is 0.299 e. The average Bonchev–Trinajstić information content (AvgIpc) is 3.10. The second-order valence-corrected chi connectivity index (χ2v) is 6.04. The van der Waals surface area contributed by atoms with E-state index in [0.29, 0.717) is 4.77 Å². The zero-order valence-electron chi connectivity index (χ0n) is 10.9. The van der Waals surface area contributed by atoms with Gasteiger partial charge in [0.15, 0.2) is 10.6 Å². The minimum absolute atomic E-state index is 0.659. The van der Waals surface area contributed by atoms with E-state index >= 15 is 0 Å². The van der Waals surface area contributed by atoms with Gasteiger partial charge in [-0.2, -0.15) is 5.10 Å². The van der Waals surface area contributed by atoms with Gasteiger partial charge in [0.1, 0.15) is 10.7 Å². The molecule has 0 saturated carbocycles. The summed E-state index contributed by atoms with van der Waals surface area (Å²) in [5.74, 6) is 0.844. The Balaban J connectivity index is 1.82. The SMILES string of the molecule is CCn1c(-c2csc(CN3CCCC3)n2)n[nH]c1=S. The molecule has 2 aromatic rings. The molecule has 1 aliphatic rings. The predicted octanol–water partition coefficient (Wildman–Crippen LogP) is 2.68. The van der Waals surface area contributed by atoms with Crippen LogP contribution in [-0.2, 0) is 13.1 Å². The molecule has 0 spiro atoms. The molecule has 5 nitrogen and oxygen atoms in total. The minimum Gasteiger partial charge on any atom is -0.299 e. The number of aromatic amines is 1. The van der Waals surface area contributed by atoms with E-state index in [1.807, 2.05) is 4.57 Å². The summed E-state index contributed by atoms with van der Waals surface area (Å²) in [5, 5.41) is 10.3. The number of H-pyrrole nitrogens is 1. The molecule has 1 N–H and O–H groups in total. The second kappa shape index (κ2) is 5.52. The van der Waals surface area contributed by atoms with Gasteiger partial charge in [-0.1, -0.05) is 0 Å². The fraction of sp³-hybridized carbons (Fsp3) is 0.583. The highest BCUT2D eigenvalue weighted by Gasteiger charge is 2.16. The van der Waals surface area contributed by atoms with Crippen molar-refractivity contribution in [3.63, 3.8) is 0 Å². The van der Waals surface area contributed by atoms with E-state index in [1.165, 1.54) is 25.9 Å². The zero-order chi connectivity index (χ0) is 13.2. The smallest absolute Gasteiger partial charge is 0.195 e. The topological polar surface area (TPSA) is 49.7 Å². The highest BCUT2D eigenvalue weighted by molar-refractivity contribution is 7.71. The van der Waals surface area contributed by atoms with Crippen LogP contribution in [0.2, 0.25) is 0 Å². The van der Waals surface area contributed by atoms with Crippen molar-refractivity contribution in [3.8, 4) is 11.5 Å². The summed E-state index contributed by atoms with van der Waals surface area (Å²) in [4.78, 5) is 7.15. The third-order valence-corrected chi connectivity index (χ3v) is 4.56. The van der Waals surface area contributed by atoms with Crippen LogP contribution in [0.1, 0.15) is 24.8 Å². The van der Waals surface area contributed by atoms with Crippen molar-refractivity contribution in [1.29, 1.82) is 0 Å². The maximum atomic E-state index is 5.21. The average molecular weight is 295 g/mol. The monoisotopic (exact) mass is 295 g/mol. The van der Waals surface area contributed by atoms with Crippen molar-refractivity contribution in [2.24, 2.45) is 0 Å². The van der Waals surface area contributed by atoms with E-state index in [9.17, 15) is 0 Å². The third-order valence-electron chi connectivity index (χ3n) is 3.41. The van der Waals surface area contributed by atoms with Gasteiger partial charge in [0.2, 0.25) is 0 Å². The summed E-state index contributed by atoms with van der Waals surface area (Å²) in [6.07, 6.45) is 2.62. The second-order valence-electron chi connectivity index (χ2n) is 4.71. The van der Waals surface area contributed by atoms with Gasteiger partial charge in [-0.15, -0.1) is 11.3 Å². The first-order valence-corrected chi connectivity index (χ1v) is 7.89. The van der Waals surface area contributed by atoms with E-state index in [0.717, 1.165) is 29.6 Å². The minimum atomic E-state index is 0.659. The summed E-state index contributed by atoms with van der Waals surface area (Å²) in [6, 6.07) is 0. The van der Waals surface area contributed by atoms with Crippen LogP contribution in [0, 0.1) is 4.77 Å². The van der Waals surface area contributed by atoms with E-state index in [2.05, 4.69) is 27.4 Å². The molecule has 19 heavy (non-hydrogen) atoms.